The smallest absolute Gasteiger partial charge is 0.308 e. The van der Waals surface area contributed by atoms with E-state index in [-0.39, 0.29) is 37.9 Å². The number of aromatic hydroxyl groups is 1. The van der Waals surface area contributed by atoms with Crippen LogP contribution in [0.1, 0.15) is 39.1 Å². The molecule has 0 atom stereocenters. The topological polar surface area (TPSA) is 91.3 Å². The summed E-state index contributed by atoms with van der Waals surface area (Å²) >= 11 is 52.8. The number of halogens is 9. The lowest BCUT2D eigenvalue weighted by molar-refractivity contribution is -0.132. The number of rotatable bonds is 8. The first kappa shape index (κ1) is 50.4. The van der Waals surface area contributed by atoms with Gasteiger partial charge in [-0.2, -0.15) is 0 Å². The minimum Gasteiger partial charge on any atom is -0.504 e. The summed E-state index contributed by atoms with van der Waals surface area (Å²) in [5.74, 6) is 1.80. The number of ketones is 1. The third-order valence-electron chi connectivity index (χ3n) is 6.74. The van der Waals surface area contributed by atoms with E-state index in [0.717, 1.165) is 0 Å². The monoisotopic (exact) mass is 964 g/mol. The maximum atomic E-state index is 11.6. The lowest BCUT2D eigenvalue weighted by Gasteiger charge is -2.12. The van der Waals surface area contributed by atoms with Crippen LogP contribution in [0.5, 0.6) is 46.0 Å². The van der Waals surface area contributed by atoms with Crippen LogP contribution in [0.4, 0.5) is 0 Å². The second-order valence-electron chi connectivity index (χ2n) is 11.0. The lowest BCUT2D eigenvalue weighted by atomic mass is 10.1. The predicted octanol–water partition coefficient (Wildman–Crippen LogP) is 17.4. The Hall–Kier alpha value is -3.73. The van der Waals surface area contributed by atoms with Crippen LogP contribution in [0.3, 0.4) is 0 Å². The summed E-state index contributed by atoms with van der Waals surface area (Å²) in [5, 5.41) is 13.6. The molecule has 306 valence electrons. The van der Waals surface area contributed by atoms with Crippen molar-refractivity contribution in [3.05, 3.63) is 160 Å². The van der Waals surface area contributed by atoms with Crippen LogP contribution < -0.4 is 18.9 Å². The molecule has 0 aliphatic rings. The Balaban J connectivity index is 0.000000296. The molecule has 0 fully saturated rings. The van der Waals surface area contributed by atoms with Gasteiger partial charge in [0.15, 0.2) is 28.8 Å². The minimum atomic E-state index is -0.473. The molecule has 0 aliphatic heterocycles. The number of benzene rings is 6. The molecule has 0 saturated heterocycles. The second-order valence-corrected chi connectivity index (χ2v) is 14.9. The van der Waals surface area contributed by atoms with Crippen molar-refractivity contribution < 1.29 is 33.6 Å². The van der Waals surface area contributed by atoms with Crippen LogP contribution in [0.2, 0.25) is 45.2 Å². The molecule has 0 aromatic heterocycles. The highest BCUT2D eigenvalue weighted by Gasteiger charge is 2.14. The average Bonchev–Trinajstić information content (AvgIpc) is 3.11. The van der Waals surface area contributed by atoms with Crippen LogP contribution >= 0.6 is 104 Å². The maximum Gasteiger partial charge on any atom is 0.308 e. The molecular formula is C42H33Cl9O7. The van der Waals surface area contributed by atoms with E-state index in [1.807, 2.05) is 0 Å². The van der Waals surface area contributed by atoms with E-state index < -0.39 is 5.97 Å². The van der Waals surface area contributed by atoms with Crippen molar-refractivity contribution in [1.82, 2.24) is 0 Å². The van der Waals surface area contributed by atoms with Crippen LogP contribution in [-0.4, -0.2) is 16.9 Å². The molecule has 0 bridgehead atoms. The van der Waals surface area contributed by atoms with E-state index in [9.17, 15) is 14.7 Å². The summed E-state index contributed by atoms with van der Waals surface area (Å²) in [6.07, 6.45) is 0. The van der Waals surface area contributed by atoms with Gasteiger partial charge in [0.2, 0.25) is 0 Å². The number of phenols is 1. The quantitative estimate of drug-likeness (QED) is 0.0923. The van der Waals surface area contributed by atoms with E-state index in [2.05, 4.69) is 0 Å². The number of hydrogen-bond acceptors (Lipinski definition) is 7. The van der Waals surface area contributed by atoms with E-state index >= 15 is 0 Å². The summed E-state index contributed by atoms with van der Waals surface area (Å²) < 4.78 is 21.8. The molecule has 1 N–H and O–H groups in total. The number of hydrogen-bond donors (Lipinski definition) is 1. The molecule has 58 heavy (non-hydrogen) atoms. The fourth-order valence-electron chi connectivity index (χ4n) is 4.27. The first-order chi connectivity index (χ1) is 26.5. The number of carbonyl (C=O) groups is 2. The van der Waals surface area contributed by atoms with Crippen LogP contribution in [0, 0.1) is 0 Å². The highest BCUT2D eigenvalue weighted by Crippen LogP contribution is 2.39. The molecule has 6 aromatic carbocycles. The molecule has 16 heteroatoms. The van der Waals surface area contributed by atoms with Crippen molar-refractivity contribution in [3.63, 3.8) is 0 Å². The fourth-order valence-corrected chi connectivity index (χ4v) is 6.12. The zero-order chi connectivity index (χ0) is 41.1. The van der Waals surface area contributed by atoms with E-state index in [0.29, 0.717) is 79.5 Å². The summed E-state index contributed by atoms with van der Waals surface area (Å²) in [6, 6.07) is 28.6. The van der Waals surface area contributed by atoms with Gasteiger partial charge in [-0.3, -0.25) is 9.59 Å². The molecule has 0 saturated carbocycles. The van der Waals surface area contributed by atoms with Crippen molar-refractivity contribution in [3.8, 4) is 46.0 Å². The summed E-state index contributed by atoms with van der Waals surface area (Å²) in [5.41, 5.74) is 0.401. The van der Waals surface area contributed by atoms with E-state index in [4.69, 9.17) is 123 Å². The maximum absolute atomic E-state index is 11.6. The normalized spacial score (nSPS) is 9.91. The first-order valence-corrected chi connectivity index (χ1v) is 19.0. The molecule has 6 rings (SSSR count). The molecular weight excluding hydrogens is 936 g/mol. The number of Topliss-reactive ketones (excluding diaryl/α,β-unsaturated/α-hetero) is 1. The minimum absolute atomic E-state index is 0. The van der Waals surface area contributed by atoms with Gasteiger partial charge in [-0.25, -0.2) is 0 Å². The number of ether oxygens (including phenoxy) is 4. The van der Waals surface area contributed by atoms with Crippen LogP contribution in [0.15, 0.2) is 109 Å². The molecule has 0 spiro atoms. The number of carbonyl (C=O) groups excluding carboxylic acids is 2. The van der Waals surface area contributed by atoms with Gasteiger partial charge in [0.05, 0.1) is 20.6 Å². The van der Waals surface area contributed by atoms with Crippen molar-refractivity contribution in [1.29, 1.82) is 0 Å². The highest BCUT2D eigenvalue weighted by molar-refractivity contribution is 6.37. The third-order valence-corrected chi connectivity index (χ3v) is 9.04. The summed E-state index contributed by atoms with van der Waals surface area (Å²) in [6.45, 7) is 2.74. The molecule has 0 radical (unpaired) electrons. The van der Waals surface area contributed by atoms with Gasteiger partial charge in [-0.15, -0.1) is 0 Å². The molecule has 0 unspecified atom stereocenters. The molecule has 7 nitrogen and oxygen atoms in total. The second kappa shape index (κ2) is 23.8. The third kappa shape index (κ3) is 15.5. The Kier molecular flexibility index (Phi) is 20.6. The number of esters is 1. The van der Waals surface area contributed by atoms with Gasteiger partial charge in [0, 0.05) is 49.2 Å². The van der Waals surface area contributed by atoms with E-state index in [1.54, 1.807) is 97.1 Å². The Bertz CT molecular complexity index is 2320. The van der Waals surface area contributed by atoms with Crippen molar-refractivity contribution >= 4 is 116 Å². The summed E-state index contributed by atoms with van der Waals surface area (Å²) in [4.78, 5) is 22.6. The number of phenolic OH excluding ortho intramolecular Hbond substituents is 1. The van der Waals surface area contributed by atoms with Crippen LogP contribution in [0.25, 0.3) is 0 Å². The largest absolute Gasteiger partial charge is 0.504 e. The molecule has 0 aliphatic carbocycles. The van der Waals surface area contributed by atoms with Gasteiger partial charge in [0.25, 0.3) is 0 Å². The molecule has 6 aromatic rings. The summed E-state index contributed by atoms with van der Waals surface area (Å²) in [7, 11) is 0. The Morgan fingerprint density at radius 1 is 0.414 bits per heavy atom. The molecule has 0 heterocycles. The predicted molar refractivity (Wildman–Crippen MR) is 240 cm³/mol. The zero-order valence-electron chi connectivity index (χ0n) is 28.7. The Morgan fingerprint density at radius 3 is 1.14 bits per heavy atom. The van der Waals surface area contributed by atoms with Crippen molar-refractivity contribution in [2.24, 2.45) is 0 Å². The van der Waals surface area contributed by atoms with Gasteiger partial charge in [-0.1, -0.05) is 119 Å². The SMILES string of the molecule is C.C.CC(=O)Oc1cc(Cl)ccc1Oc1ccc(Cl)cc1Cl.CC(=O)c1cc(Cl)ccc1Oc1ccc(Cl)cc1Cl.Oc1cc(Cl)ccc1Oc1ccc(Cl)cc1Cl. The lowest BCUT2D eigenvalue weighted by Crippen LogP contribution is -2.02. The highest BCUT2D eigenvalue weighted by atomic mass is 35.5. The van der Waals surface area contributed by atoms with Crippen molar-refractivity contribution in [2.45, 2.75) is 28.7 Å². The standard InChI is InChI=1S/C14H9Cl3O3.C14H9Cl3O2.C12H7Cl3O2.2CH4/c1-8(18)19-14-7-10(16)3-5-13(14)20-12-4-2-9(15)6-11(12)17;1-8(18)11-6-9(15)2-4-13(11)19-14-5-3-10(16)7-12(14)17;13-7-1-3-11(9(15)5-7)17-12-4-2-8(14)6-10(12)16;;/h2-7H,1H3;2-7H,1H3;1-6,16H;2*1H4. The zero-order valence-corrected chi connectivity index (χ0v) is 35.5. The van der Waals surface area contributed by atoms with Crippen LogP contribution in [-0.2, 0) is 4.79 Å². The van der Waals surface area contributed by atoms with Gasteiger partial charge in [-0.05, 0) is 104 Å². The van der Waals surface area contributed by atoms with Gasteiger partial charge >= 0.3 is 5.97 Å². The van der Waals surface area contributed by atoms with Gasteiger partial charge < -0.3 is 24.1 Å². The van der Waals surface area contributed by atoms with Gasteiger partial charge in [0.1, 0.15) is 23.0 Å². The van der Waals surface area contributed by atoms with Crippen molar-refractivity contribution in [2.75, 3.05) is 0 Å². The first-order valence-electron chi connectivity index (χ1n) is 15.6. The molecule has 0 amide bonds. The Morgan fingerprint density at radius 2 is 0.741 bits per heavy atom. The van der Waals surface area contributed by atoms with E-state index in [1.165, 1.54) is 26.0 Å². The average molecular weight is 969 g/mol. The Labute approximate surface area is 381 Å². The fraction of sp³-hybridized carbons (Fsp3) is 0.0952.